The Morgan fingerprint density at radius 3 is 2.79 bits per heavy atom. The number of hydrogen-bond acceptors (Lipinski definition) is 3. The average Bonchev–Trinajstić information content (AvgIpc) is 2.52. The van der Waals surface area contributed by atoms with E-state index in [1.54, 1.807) is 16.9 Å². The molecule has 0 spiro atoms. The van der Waals surface area contributed by atoms with E-state index in [-0.39, 0.29) is 12.1 Å². The van der Waals surface area contributed by atoms with Crippen molar-refractivity contribution in [2.24, 2.45) is 5.14 Å². The Balaban J connectivity index is 2.27. The van der Waals surface area contributed by atoms with E-state index in [2.05, 4.69) is 5.10 Å². The summed E-state index contributed by atoms with van der Waals surface area (Å²) in [5.74, 6) is 0. The summed E-state index contributed by atoms with van der Waals surface area (Å²) in [6, 6.07) is 1.63. The van der Waals surface area contributed by atoms with Gasteiger partial charge in [-0.3, -0.25) is 4.68 Å². The molecule has 6 heteroatoms. The number of aliphatic hydroxyl groups is 1. The maximum Gasteiger partial charge on any atom is 0.164 e. The van der Waals surface area contributed by atoms with Gasteiger partial charge in [-0.25, -0.2) is 9.35 Å². The van der Waals surface area contributed by atoms with Crippen LogP contribution in [0.5, 0.6) is 0 Å². The predicted molar refractivity (Wildman–Crippen MR) is 51.7 cm³/mol. The third-order valence-electron chi connectivity index (χ3n) is 2.84. The zero-order valence-corrected chi connectivity index (χ0v) is 8.54. The number of hydrogen-bond donors (Lipinski definition) is 2. The zero-order valence-electron chi connectivity index (χ0n) is 7.72. The minimum absolute atomic E-state index is 0.0747. The van der Waals surface area contributed by atoms with Crippen LogP contribution in [0, 0.1) is 0 Å². The summed E-state index contributed by atoms with van der Waals surface area (Å²) in [6.07, 6.45) is 4.67. The van der Waals surface area contributed by atoms with E-state index in [0.29, 0.717) is 5.03 Å². The molecular formula is C8H13N3O2S. The first kappa shape index (κ1) is 9.82. The van der Waals surface area contributed by atoms with Gasteiger partial charge in [0.25, 0.3) is 0 Å². The lowest BCUT2D eigenvalue weighted by molar-refractivity contribution is 0.0428. The first-order valence-corrected chi connectivity index (χ1v) is 5.72. The van der Waals surface area contributed by atoms with Gasteiger partial charge in [0.2, 0.25) is 0 Å². The average molecular weight is 215 g/mol. The van der Waals surface area contributed by atoms with E-state index in [1.165, 1.54) is 0 Å². The minimum atomic E-state index is -1.54. The van der Waals surface area contributed by atoms with E-state index in [9.17, 15) is 9.32 Å². The van der Waals surface area contributed by atoms with Crippen LogP contribution in [0.3, 0.4) is 0 Å². The maximum absolute atomic E-state index is 10.9. The highest BCUT2D eigenvalue weighted by Crippen LogP contribution is 2.38. The molecule has 78 valence electrons. The molecule has 1 saturated carbocycles. The molecule has 1 heterocycles. The van der Waals surface area contributed by atoms with E-state index < -0.39 is 11.0 Å². The van der Waals surface area contributed by atoms with E-state index in [4.69, 9.17) is 5.14 Å². The molecule has 1 aromatic rings. The predicted octanol–water partition coefficient (Wildman–Crippen LogP) is -0.264. The number of nitrogens with two attached hydrogens (primary N) is 1. The lowest BCUT2D eigenvalue weighted by Gasteiger charge is -2.40. The molecule has 3 N–H and O–H groups in total. The molecule has 1 aliphatic rings. The maximum atomic E-state index is 10.9. The monoisotopic (exact) mass is 215 g/mol. The number of rotatable bonds is 3. The summed E-state index contributed by atoms with van der Waals surface area (Å²) in [7, 11) is -1.54. The third kappa shape index (κ3) is 1.39. The fourth-order valence-electron chi connectivity index (χ4n) is 1.72. The van der Waals surface area contributed by atoms with Crippen LogP contribution in [-0.4, -0.2) is 25.7 Å². The smallest absolute Gasteiger partial charge is 0.164 e. The van der Waals surface area contributed by atoms with E-state index in [0.717, 1.165) is 19.3 Å². The number of nitrogens with zero attached hydrogens (tertiary/aromatic N) is 2. The summed E-state index contributed by atoms with van der Waals surface area (Å²) in [5.41, 5.74) is -0.266. The largest absolute Gasteiger partial charge is 0.394 e. The van der Waals surface area contributed by atoms with Crippen molar-refractivity contribution in [1.29, 1.82) is 0 Å². The Hall–Kier alpha value is -0.720. The van der Waals surface area contributed by atoms with Gasteiger partial charge < -0.3 is 5.11 Å². The quantitative estimate of drug-likeness (QED) is 0.728. The summed E-state index contributed by atoms with van der Waals surface area (Å²) in [4.78, 5) is 0. The molecule has 0 aliphatic heterocycles. The van der Waals surface area contributed by atoms with Gasteiger partial charge >= 0.3 is 0 Å². The molecule has 0 bridgehead atoms. The molecular weight excluding hydrogens is 202 g/mol. The molecule has 14 heavy (non-hydrogen) atoms. The van der Waals surface area contributed by atoms with Crippen molar-refractivity contribution in [3.05, 3.63) is 12.3 Å². The van der Waals surface area contributed by atoms with Gasteiger partial charge in [-0.2, -0.15) is 5.10 Å². The zero-order chi connectivity index (χ0) is 10.2. The van der Waals surface area contributed by atoms with Crippen LogP contribution in [0.25, 0.3) is 0 Å². The van der Waals surface area contributed by atoms with Crippen molar-refractivity contribution in [3.63, 3.8) is 0 Å². The second kappa shape index (κ2) is 3.45. The highest BCUT2D eigenvalue weighted by molar-refractivity contribution is 7.82. The van der Waals surface area contributed by atoms with Gasteiger partial charge in [0.1, 0.15) is 11.0 Å². The van der Waals surface area contributed by atoms with E-state index >= 15 is 0 Å². The first-order valence-electron chi connectivity index (χ1n) is 4.51. The molecule has 1 atom stereocenters. The first-order chi connectivity index (χ1) is 6.68. The van der Waals surface area contributed by atoms with Crippen molar-refractivity contribution in [3.8, 4) is 0 Å². The van der Waals surface area contributed by atoms with Crippen molar-refractivity contribution in [1.82, 2.24) is 9.78 Å². The molecule has 1 unspecified atom stereocenters. The number of aliphatic hydroxyl groups excluding tert-OH is 1. The topological polar surface area (TPSA) is 81.1 Å². The van der Waals surface area contributed by atoms with Crippen LogP contribution in [0.2, 0.25) is 0 Å². The molecule has 1 aliphatic carbocycles. The molecule has 0 radical (unpaired) electrons. The summed E-state index contributed by atoms with van der Waals surface area (Å²) in [5, 5.41) is 18.9. The van der Waals surface area contributed by atoms with Gasteiger partial charge in [0.15, 0.2) is 5.03 Å². The lowest BCUT2D eigenvalue weighted by atomic mass is 9.77. The second-order valence-corrected chi connectivity index (χ2v) is 4.65. The number of aromatic nitrogens is 2. The molecule has 2 rings (SSSR count). The molecule has 0 amide bonds. The van der Waals surface area contributed by atoms with Crippen LogP contribution in [0.1, 0.15) is 19.3 Å². The van der Waals surface area contributed by atoms with Crippen LogP contribution in [-0.2, 0) is 16.5 Å². The van der Waals surface area contributed by atoms with Gasteiger partial charge in [0, 0.05) is 6.20 Å². The van der Waals surface area contributed by atoms with E-state index in [1.807, 2.05) is 0 Å². The van der Waals surface area contributed by atoms with Crippen LogP contribution >= 0.6 is 0 Å². The highest BCUT2D eigenvalue weighted by atomic mass is 32.2. The molecule has 5 nitrogen and oxygen atoms in total. The fourth-order valence-corrected chi connectivity index (χ4v) is 2.09. The Morgan fingerprint density at radius 1 is 1.71 bits per heavy atom. The SMILES string of the molecule is NS(=O)c1ccn(C2(CO)CCC2)n1. The van der Waals surface area contributed by atoms with Crippen molar-refractivity contribution in [2.45, 2.75) is 29.8 Å². The molecule has 1 fully saturated rings. The highest BCUT2D eigenvalue weighted by Gasteiger charge is 2.39. The molecule has 0 aromatic carbocycles. The van der Waals surface area contributed by atoms with Crippen molar-refractivity contribution in [2.75, 3.05) is 6.61 Å². The van der Waals surface area contributed by atoms with Crippen LogP contribution < -0.4 is 5.14 Å². The minimum Gasteiger partial charge on any atom is -0.394 e. The second-order valence-electron chi connectivity index (χ2n) is 3.63. The Kier molecular flexibility index (Phi) is 2.42. The Bertz CT molecular complexity index is 354. The van der Waals surface area contributed by atoms with Gasteiger partial charge in [0.05, 0.1) is 12.1 Å². The molecule has 1 aromatic heterocycles. The summed E-state index contributed by atoms with van der Waals surface area (Å²) in [6.45, 7) is 0.0747. The van der Waals surface area contributed by atoms with Crippen LogP contribution in [0.15, 0.2) is 17.3 Å². The van der Waals surface area contributed by atoms with Gasteiger partial charge in [-0.1, -0.05) is 0 Å². The van der Waals surface area contributed by atoms with Crippen molar-refractivity contribution >= 4 is 11.0 Å². The van der Waals surface area contributed by atoms with Crippen LogP contribution in [0.4, 0.5) is 0 Å². The van der Waals surface area contributed by atoms with Gasteiger partial charge in [-0.05, 0) is 25.3 Å². The fraction of sp³-hybridized carbons (Fsp3) is 0.625. The summed E-state index contributed by atoms with van der Waals surface area (Å²) < 4.78 is 12.6. The summed E-state index contributed by atoms with van der Waals surface area (Å²) >= 11 is 0. The third-order valence-corrected chi connectivity index (χ3v) is 3.47. The van der Waals surface area contributed by atoms with Crippen molar-refractivity contribution < 1.29 is 9.32 Å². The Morgan fingerprint density at radius 2 is 2.43 bits per heavy atom. The lowest BCUT2D eigenvalue weighted by Crippen LogP contribution is -2.44. The van der Waals surface area contributed by atoms with Gasteiger partial charge in [-0.15, -0.1) is 0 Å². The normalized spacial score (nSPS) is 21.6. The molecule has 0 saturated heterocycles. The Labute approximate surface area is 84.5 Å². The standard InChI is InChI=1S/C8H13N3O2S/c9-14(13)7-2-5-11(10-7)8(6-12)3-1-4-8/h2,5,12H,1,3-4,6,9H2.